The highest BCUT2D eigenvalue weighted by Crippen LogP contribution is 2.32. The number of nitrogens with zero attached hydrogens (tertiary/aromatic N) is 1. The van der Waals surface area contributed by atoms with Crippen LogP contribution in [0.5, 0.6) is 5.75 Å². The van der Waals surface area contributed by atoms with E-state index in [0.717, 1.165) is 16.9 Å². The average molecular weight is 467 g/mol. The molecule has 1 fully saturated rings. The van der Waals surface area contributed by atoms with Gasteiger partial charge in [0.05, 0.1) is 12.0 Å². The summed E-state index contributed by atoms with van der Waals surface area (Å²) in [4.78, 5) is 26.9. The molecule has 1 aliphatic heterocycles. The molecule has 0 unspecified atom stereocenters. The smallest absolute Gasteiger partial charge is 0.266 e. The maximum Gasteiger partial charge on any atom is 0.266 e. The Morgan fingerprint density at radius 1 is 1.19 bits per heavy atom. The molecule has 7 heteroatoms. The highest BCUT2D eigenvalue weighted by Gasteiger charge is 2.31. The number of hydrogen-bond acceptors (Lipinski definition) is 5. The minimum atomic E-state index is -0.213. The summed E-state index contributed by atoms with van der Waals surface area (Å²) in [5, 5.41) is 2.81. The first-order chi connectivity index (χ1) is 15.4. The molecule has 1 aliphatic rings. The lowest BCUT2D eigenvalue weighted by atomic mass is 10.0. The third kappa shape index (κ3) is 6.31. The Morgan fingerprint density at radius 2 is 1.94 bits per heavy atom. The summed E-state index contributed by atoms with van der Waals surface area (Å²) in [5.41, 5.74) is 3.09. The lowest BCUT2D eigenvalue weighted by Crippen LogP contribution is -2.36. The van der Waals surface area contributed by atoms with E-state index in [2.05, 4.69) is 31.3 Å². The second-order valence-corrected chi connectivity index (χ2v) is 9.23. The summed E-state index contributed by atoms with van der Waals surface area (Å²) in [5.74, 6) is 0.828. The number of rotatable bonds is 8. The predicted molar refractivity (Wildman–Crippen MR) is 135 cm³/mol. The first-order valence-electron chi connectivity index (χ1n) is 10.3. The fraction of sp³-hybridized carbons (Fsp3) is 0.240. The molecule has 2 aromatic rings. The number of ether oxygens (including phenoxy) is 1. The van der Waals surface area contributed by atoms with Crippen LogP contribution in [0.4, 0.5) is 0 Å². The van der Waals surface area contributed by atoms with Crippen molar-refractivity contribution in [3.05, 3.63) is 76.2 Å². The van der Waals surface area contributed by atoms with Crippen LogP contribution in [-0.4, -0.2) is 41.2 Å². The van der Waals surface area contributed by atoms with Gasteiger partial charge in [0.15, 0.2) is 0 Å². The molecule has 2 aromatic carbocycles. The molecule has 0 saturated carbocycles. The fourth-order valence-corrected chi connectivity index (χ4v) is 4.40. The Kier molecular flexibility index (Phi) is 8.25. The number of carbonyl (C=O) groups is 2. The van der Waals surface area contributed by atoms with Crippen molar-refractivity contribution in [3.8, 4) is 5.75 Å². The number of carbonyl (C=O) groups excluding carboxylic acids is 2. The van der Waals surface area contributed by atoms with Gasteiger partial charge in [0.2, 0.25) is 5.91 Å². The molecule has 3 rings (SSSR count). The first kappa shape index (κ1) is 23.8. The minimum Gasteiger partial charge on any atom is -0.497 e. The number of thiocarbonyl (C=S) groups is 1. The van der Waals surface area contributed by atoms with Crippen molar-refractivity contribution in [1.82, 2.24) is 10.2 Å². The van der Waals surface area contributed by atoms with E-state index in [-0.39, 0.29) is 11.8 Å². The molecular weight excluding hydrogens is 440 g/mol. The Morgan fingerprint density at radius 3 is 2.62 bits per heavy atom. The molecule has 166 valence electrons. The van der Waals surface area contributed by atoms with E-state index >= 15 is 0 Å². The maximum atomic E-state index is 12.7. The number of nitrogens with one attached hydrogen (secondary N) is 1. The lowest BCUT2D eigenvalue weighted by Gasteiger charge is -2.14. The molecule has 0 radical (unpaired) electrons. The van der Waals surface area contributed by atoms with Gasteiger partial charge in [-0.25, -0.2) is 0 Å². The molecule has 0 aromatic heterocycles. The zero-order valence-corrected chi connectivity index (χ0v) is 20.0. The molecule has 1 N–H and O–H groups in total. The van der Waals surface area contributed by atoms with Crippen molar-refractivity contribution in [2.45, 2.75) is 19.8 Å². The van der Waals surface area contributed by atoms with Crippen LogP contribution in [0.3, 0.4) is 0 Å². The van der Waals surface area contributed by atoms with E-state index in [9.17, 15) is 9.59 Å². The van der Waals surface area contributed by atoms with Gasteiger partial charge in [-0.1, -0.05) is 74.2 Å². The summed E-state index contributed by atoms with van der Waals surface area (Å²) < 4.78 is 5.71. The lowest BCUT2D eigenvalue weighted by molar-refractivity contribution is -0.122. The Labute approximate surface area is 198 Å². The van der Waals surface area contributed by atoms with Crippen LogP contribution in [0.1, 0.15) is 36.5 Å². The van der Waals surface area contributed by atoms with Crippen LogP contribution >= 0.6 is 24.0 Å². The average Bonchev–Trinajstić information content (AvgIpc) is 3.05. The molecule has 0 spiro atoms. The normalized spacial score (nSPS) is 15.2. The van der Waals surface area contributed by atoms with E-state index < -0.39 is 0 Å². The predicted octanol–water partition coefficient (Wildman–Crippen LogP) is 4.85. The van der Waals surface area contributed by atoms with E-state index in [1.807, 2.05) is 36.4 Å². The molecule has 1 saturated heterocycles. The standard InChI is InChI=1S/C25H26N2O3S2/c1-17(2)20-10-7-18(8-11-20)9-12-23(28)26-13-14-27-24(29)22(32-25(27)31)16-19-5-4-6-21(15-19)30-3/h4-12,15-17H,13-14H2,1-3H3,(H,26,28)/b12-9+,22-16+. The highest BCUT2D eigenvalue weighted by atomic mass is 32.2. The Balaban J connectivity index is 1.51. The molecule has 2 amide bonds. The monoisotopic (exact) mass is 466 g/mol. The van der Waals surface area contributed by atoms with Crippen molar-refractivity contribution < 1.29 is 14.3 Å². The summed E-state index contributed by atoms with van der Waals surface area (Å²) in [6, 6.07) is 15.6. The van der Waals surface area contributed by atoms with Gasteiger partial charge >= 0.3 is 0 Å². The molecular formula is C25H26N2O3S2. The number of amides is 2. The SMILES string of the molecule is COc1cccc(/C=C2/SC(=S)N(CCNC(=O)/C=C/c3ccc(C(C)C)cc3)C2=O)c1. The zero-order valence-electron chi connectivity index (χ0n) is 18.3. The molecule has 0 aliphatic carbocycles. The van der Waals surface area contributed by atoms with E-state index in [1.165, 1.54) is 28.3 Å². The second kappa shape index (κ2) is 11.1. The van der Waals surface area contributed by atoms with E-state index in [1.54, 1.807) is 19.3 Å². The van der Waals surface area contributed by atoms with Crippen molar-refractivity contribution in [3.63, 3.8) is 0 Å². The number of thioether (sulfide) groups is 1. The number of methoxy groups -OCH3 is 1. The van der Waals surface area contributed by atoms with Gasteiger partial charge in [0.25, 0.3) is 5.91 Å². The van der Waals surface area contributed by atoms with Crippen LogP contribution in [0.2, 0.25) is 0 Å². The van der Waals surface area contributed by atoms with Crippen molar-refractivity contribution in [2.75, 3.05) is 20.2 Å². The molecule has 0 atom stereocenters. The molecule has 32 heavy (non-hydrogen) atoms. The maximum absolute atomic E-state index is 12.7. The second-order valence-electron chi connectivity index (χ2n) is 7.56. The van der Waals surface area contributed by atoms with Crippen LogP contribution in [0, 0.1) is 0 Å². The third-order valence-electron chi connectivity index (χ3n) is 4.93. The Hall–Kier alpha value is -2.90. The van der Waals surface area contributed by atoms with Gasteiger partial charge in [-0.3, -0.25) is 14.5 Å². The Bertz CT molecular complexity index is 1060. The third-order valence-corrected chi connectivity index (χ3v) is 6.31. The summed E-state index contributed by atoms with van der Waals surface area (Å²) >= 11 is 6.62. The van der Waals surface area contributed by atoms with Crippen molar-refractivity contribution >= 4 is 52.3 Å². The van der Waals surface area contributed by atoms with Crippen LogP contribution in [0.15, 0.2) is 59.5 Å². The van der Waals surface area contributed by atoms with Crippen molar-refractivity contribution in [1.29, 1.82) is 0 Å². The van der Waals surface area contributed by atoms with Crippen LogP contribution in [-0.2, 0) is 9.59 Å². The fourth-order valence-electron chi connectivity index (χ4n) is 3.09. The minimum absolute atomic E-state index is 0.155. The highest BCUT2D eigenvalue weighted by molar-refractivity contribution is 8.26. The molecule has 5 nitrogen and oxygen atoms in total. The van der Waals surface area contributed by atoms with E-state index in [4.69, 9.17) is 17.0 Å². The van der Waals surface area contributed by atoms with Gasteiger partial charge in [0, 0.05) is 19.2 Å². The topological polar surface area (TPSA) is 58.6 Å². The van der Waals surface area contributed by atoms with Gasteiger partial charge in [-0.15, -0.1) is 0 Å². The quantitative estimate of drug-likeness (QED) is 0.445. The number of hydrogen-bond donors (Lipinski definition) is 1. The molecule has 1 heterocycles. The van der Waals surface area contributed by atoms with Crippen molar-refractivity contribution in [2.24, 2.45) is 0 Å². The first-order valence-corrected chi connectivity index (χ1v) is 11.5. The number of benzene rings is 2. The van der Waals surface area contributed by atoms with Crippen LogP contribution in [0.25, 0.3) is 12.2 Å². The van der Waals surface area contributed by atoms with Gasteiger partial charge in [-0.2, -0.15) is 0 Å². The zero-order chi connectivity index (χ0) is 23.1. The van der Waals surface area contributed by atoms with Gasteiger partial charge < -0.3 is 10.1 Å². The van der Waals surface area contributed by atoms with Crippen LogP contribution < -0.4 is 10.1 Å². The van der Waals surface area contributed by atoms with Gasteiger partial charge in [0.1, 0.15) is 10.1 Å². The summed E-state index contributed by atoms with van der Waals surface area (Å²) in [6.45, 7) is 4.92. The summed E-state index contributed by atoms with van der Waals surface area (Å²) in [6.07, 6.45) is 5.07. The van der Waals surface area contributed by atoms with E-state index in [0.29, 0.717) is 28.2 Å². The summed E-state index contributed by atoms with van der Waals surface area (Å²) in [7, 11) is 1.60. The molecule has 0 bridgehead atoms. The van der Waals surface area contributed by atoms with Gasteiger partial charge in [-0.05, 0) is 46.9 Å². The largest absolute Gasteiger partial charge is 0.497 e.